The SMILES string of the molecule is CCCCCCCCC[C@@H](F)C1=CCC(C(=O)OCC)=C(C(=O)OCC)C1. The van der Waals surface area contributed by atoms with E-state index >= 15 is 0 Å². The van der Waals surface area contributed by atoms with Crippen LogP contribution in [-0.4, -0.2) is 31.3 Å². The second kappa shape index (κ2) is 13.5. The summed E-state index contributed by atoms with van der Waals surface area (Å²) in [6, 6.07) is 0. The zero-order chi connectivity index (χ0) is 20.1. The predicted molar refractivity (Wildman–Crippen MR) is 105 cm³/mol. The van der Waals surface area contributed by atoms with Crippen LogP contribution >= 0.6 is 0 Å². The van der Waals surface area contributed by atoms with Crippen LogP contribution < -0.4 is 0 Å². The maximum Gasteiger partial charge on any atom is 0.334 e. The summed E-state index contributed by atoms with van der Waals surface area (Å²) in [5.41, 5.74) is 1.12. The highest BCUT2D eigenvalue weighted by molar-refractivity contribution is 6.01. The van der Waals surface area contributed by atoms with Gasteiger partial charge in [-0.1, -0.05) is 57.9 Å². The van der Waals surface area contributed by atoms with Crippen LogP contribution in [0.5, 0.6) is 0 Å². The first-order chi connectivity index (χ1) is 13.0. The molecule has 0 spiro atoms. The number of halogens is 1. The topological polar surface area (TPSA) is 52.6 Å². The Morgan fingerprint density at radius 3 is 2.07 bits per heavy atom. The largest absolute Gasteiger partial charge is 0.463 e. The number of hydrogen-bond acceptors (Lipinski definition) is 4. The Balaban J connectivity index is 2.58. The zero-order valence-electron chi connectivity index (χ0n) is 17.2. The number of hydrogen-bond donors (Lipinski definition) is 0. The monoisotopic (exact) mass is 382 g/mol. The standard InChI is InChI=1S/C22H35FO4/c1-4-7-8-9-10-11-12-13-20(23)17-14-15-18(21(24)26-5-2)19(16-17)22(25)27-6-3/h14,20H,4-13,15-16H2,1-3H3/t20-/m1/s1. The highest BCUT2D eigenvalue weighted by atomic mass is 19.1. The molecule has 0 saturated carbocycles. The lowest BCUT2D eigenvalue weighted by atomic mass is 9.88. The number of unbranched alkanes of at least 4 members (excludes halogenated alkanes) is 6. The molecule has 0 bridgehead atoms. The highest BCUT2D eigenvalue weighted by Gasteiger charge is 2.29. The Bertz CT molecular complexity index is 536. The highest BCUT2D eigenvalue weighted by Crippen LogP contribution is 2.31. The lowest BCUT2D eigenvalue weighted by molar-refractivity contribution is -0.142. The van der Waals surface area contributed by atoms with E-state index in [0.717, 1.165) is 19.3 Å². The molecule has 0 aromatic rings. The Kier molecular flexibility index (Phi) is 11.7. The minimum absolute atomic E-state index is 0.130. The van der Waals surface area contributed by atoms with Crippen molar-refractivity contribution in [1.82, 2.24) is 0 Å². The first-order valence-electron chi connectivity index (χ1n) is 10.4. The van der Waals surface area contributed by atoms with Crippen molar-refractivity contribution >= 4 is 11.9 Å². The number of carbonyl (C=O) groups is 2. The van der Waals surface area contributed by atoms with E-state index in [-0.39, 0.29) is 31.6 Å². The maximum absolute atomic E-state index is 14.7. The summed E-state index contributed by atoms with van der Waals surface area (Å²) >= 11 is 0. The van der Waals surface area contributed by atoms with Crippen LogP contribution in [0.2, 0.25) is 0 Å². The molecule has 1 aliphatic carbocycles. The molecule has 5 heteroatoms. The molecule has 0 unspecified atom stereocenters. The van der Waals surface area contributed by atoms with Crippen molar-refractivity contribution in [3.8, 4) is 0 Å². The molecule has 1 aliphatic rings. The lowest BCUT2D eigenvalue weighted by Crippen LogP contribution is -2.21. The Morgan fingerprint density at radius 1 is 0.926 bits per heavy atom. The van der Waals surface area contributed by atoms with E-state index in [1.54, 1.807) is 19.9 Å². The van der Waals surface area contributed by atoms with Crippen molar-refractivity contribution in [2.45, 2.75) is 91.2 Å². The average Bonchev–Trinajstić information content (AvgIpc) is 2.67. The molecule has 0 amide bonds. The fraction of sp³-hybridized carbons (Fsp3) is 0.727. The molecule has 4 nitrogen and oxygen atoms in total. The van der Waals surface area contributed by atoms with E-state index in [0.29, 0.717) is 17.6 Å². The van der Waals surface area contributed by atoms with Crippen LogP contribution in [-0.2, 0) is 19.1 Å². The first-order valence-corrected chi connectivity index (χ1v) is 10.4. The van der Waals surface area contributed by atoms with Gasteiger partial charge in [-0.05, 0) is 32.3 Å². The molecule has 0 radical (unpaired) electrons. The quantitative estimate of drug-likeness (QED) is 0.236. The van der Waals surface area contributed by atoms with Crippen LogP contribution in [0.15, 0.2) is 22.8 Å². The summed E-state index contributed by atoms with van der Waals surface area (Å²) < 4.78 is 24.7. The van der Waals surface area contributed by atoms with Crippen molar-refractivity contribution in [2.24, 2.45) is 0 Å². The molecule has 0 fully saturated rings. The molecule has 0 aromatic carbocycles. The summed E-state index contributed by atoms with van der Waals surface area (Å²) in [5, 5.41) is 0. The number of carbonyl (C=O) groups excluding carboxylic acids is 2. The third kappa shape index (κ3) is 8.27. The third-order valence-corrected chi connectivity index (χ3v) is 4.82. The lowest BCUT2D eigenvalue weighted by Gasteiger charge is -2.21. The molecule has 0 saturated heterocycles. The summed E-state index contributed by atoms with van der Waals surface area (Å²) in [7, 11) is 0. The van der Waals surface area contributed by atoms with Crippen molar-refractivity contribution in [3.63, 3.8) is 0 Å². The number of alkyl halides is 1. The minimum Gasteiger partial charge on any atom is -0.463 e. The second-order valence-electron chi connectivity index (χ2n) is 6.94. The van der Waals surface area contributed by atoms with E-state index in [9.17, 15) is 14.0 Å². The van der Waals surface area contributed by atoms with Gasteiger partial charge in [0.05, 0.1) is 24.4 Å². The van der Waals surface area contributed by atoms with Gasteiger partial charge in [0.1, 0.15) is 6.17 Å². The van der Waals surface area contributed by atoms with Crippen molar-refractivity contribution in [1.29, 1.82) is 0 Å². The normalized spacial score (nSPS) is 15.3. The molecule has 0 aliphatic heterocycles. The minimum atomic E-state index is -1.08. The summed E-state index contributed by atoms with van der Waals surface area (Å²) in [4.78, 5) is 24.3. The third-order valence-electron chi connectivity index (χ3n) is 4.82. The Labute approximate surface area is 163 Å². The van der Waals surface area contributed by atoms with E-state index in [1.807, 2.05) is 0 Å². The van der Waals surface area contributed by atoms with Gasteiger partial charge >= 0.3 is 11.9 Å². The van der Waals surface area contributed by atoms with Gasteiger partial charge in [0, 0.05) is 6.42 Å². The van der Waals surface area contributed by atoms with Gasteiger partial charge in [0.15, 0.2) is 0 Å². The summed E-state index contributed by atoms with van der Waals surface area (Å²) in [5.74, 6) is -1.06. The second-order valence-corrected chi connectivity index (χ2v) is 6.94. The number of esters is 2. The molecular formula is C22H35FO4. The van der Waals surface area contributed by atoms with Crippen LogP contribution in [0.1, 0.15) is 85.0 Å². The molecule has 0 aromatic heterocycles. The average molecular weight is 383 g/mol. The van der Waals surface area contributed by atoms with Crippen LogP contribution in [0, 0.1) is 0 Å². The number of ether oxygens (including phenoxy) is 2. The van der Waals surface area contributed by atoms with Gasteiger partial charge in [-0.15, -0.1) is 0 Å². The Hall–Kier alpha value is -1.65. The summed E-state index contributed by atoms with van der Waals surface area (Å²) in [6.45, 7) is 6.07. The van der Waals surface area contributed by atoms with E-state index < -0.39 is 18.1 Å². The van der Waals surface area contributed by atoms with Crippen LogP contribution in [0.25, 0.3) is 0 Å². The number of rotatable bonds is 13. The van der Waals surface area contributed by atoms with E-state index in [4.69, 9.17) is 9.47 Å². The molecule has 1 rings (SSSR count). The Morgan fingerprint density at radius 2 is 1.48 bits per heavy atom. The van der Waals surface area contributed by atoms with Gasteiger partial charge in [-0.3, -0.25) is 0 Å². The maximum atomic E-state index is 14.7. The molecular weight excluding hydrogens is 347 g/mol. The van der Waals surface area contributed by atoms with Gasteiger partial charge in [-0.2, -0.15) is 0 Å². The fourth-order valence-corrected chi connectivity index (χ4v) is 3.28. The first kappa shape index (κ1) is 23.4. The molecule has 1 atom stereocenters. The van der Waals surface area contributed by atoms with Crippen LogP contribution in [0.4, 0.5) is 4.39 Å². The van der Waals surface area contributed by atoms with Crippen LogP contribution in [0.3, 0.4) is 0 Å². The van der Waals surface area contributed by atoms with Crippen molar-refractivity contribution in [3.05, 3.63) is 22.8 Å². The van der Waals surface area contributed by atoms with Gasteiger partial charge in [0.2, 0.25) is 0 Å². The molecule has 0 N–H and O–H groups in total. The van der Waals surface area contributed by atoms with Gasteiger partial charge in [-0.25, -0.2) is 14.0 Å². The predicted octanol–water partition coefficient (Wildman–Crippen LogP) is 5.61. The molecule has 0 heterocycles. The fourth-order valence-electron chi connectivity index (χ4n) is 3.28. The van der Waals surface area contributed by atoms with E-state index in [2.05, 4.69) is 6.92 Å². The smallest absolute Gasteiger partial charge is 0.334 e. The summed E-state index contributed by atoms with van der Waals surface area (Å²) in [6.07, 6.45) is 9.46. The van der Waals surface area contributed by atoms with Gasteiger partial charge in [0.25, 0.3) is 0 Å². The molecule has 154 valence electrons. The van der Waals surface area contributed by atoms with E-state index in [1.165, 1.54) is 25.7 Å². The molecule has 27 heavy (non-hydrogen) atoms. The van der Waals surface area contributed by atoms with Crippen molar-refractivity contribution in [2.75, 3.05) is 13.2 Å². The number of allylic oxidation sites excluding steroid dienone is 2. The van der Waals surface area contributed by atoms with Gasteiger partial charge < -0.3 is 9.47 Å². The zero-order valence-corrected chi connectivity index (χ0v) is 17.2. The van der Waals surface area contributed by atoms with Crippen molar-refractivity contribution < 1.29 is 23.5 Å².